The highest BCUT2D eigenvalue weighted by molar-refractivity contribution is 5.82. The van der Waals surface area contributed by atoms with E-state index in [-0.39, 0.29) is 19.8 Å². The molecule has 148 valence electrons. The number of hydrogen-bond donors (Lipinski definition) is 1. The lowest BCUT2D eigenvalue weighted by Gasteiger charge is -2.28. The molecular weight excluding hydrogens is 340 g/mol. The van der Waals surface area contributed by atoms with Crippen molar-refractivity contribution in [2.24, 2.45) is 11.8 Å². The van der Waals surface area contributed by atoms with Gasteiger partial charge in [0.1, 0.15) is 6.61 Å². The average molecular weight is 370 g/mol. The average Bonchev–Trinajstić information content (AvgIpc) is 2.65. The molecule has 1 fully saturated rings. The van der Waals surface area contributed by atoms with Crippen molar-refractivity contribution in [3.05, 3.63) is 12.7 Å². The zero-order valence-corrected chi connectivity index (χ0v) is 15.5. The van der Waals surface area contributed by atoms with Gasteiger partial charge < -0.3 is 19.3 Å². The Morgan fingerprint density at radius 3 is 2.23 bits per heavy atom. The molecule has 0 aromatic carbocycles. The van der Waals surface area contributed by atoms with Gasteiger partial charge in [0, 0.05) is 12.5 Å². The standard InChI is InChI=1S/C19H30O7/c1-3-8-14(20)13-26-19(23)16-10-6-5-9-15(16)18(22)25-12-7-11-24-17(21)4-2/h4,14-16,20H,2-3,5-13H2,1H3. The Morgan fingerprint density at radius 1 is 1.08 bits per heavy atom. The van der Waals surface area contributed by atoms with Crippen LogP contribution in [-0.4, -0.2) is 48.9 Å². The first kappa shape index (κ1) is 22.2. The van der Waals surface area contributed by atoms with Crippen molar-refractivity contribution in [2.75, 3.05) is 19.8 Å². The van der Waals surface area contributed by atoms with Gasteiger partial charge in [0.15, 0.2) is 0 Å². The van der Waals surface area contributed by atoms with Gasteiger partial charge in [-0.3, -0.25) is 9.59 Å². The molecule has 0 heterocycles. The largest absolute Gasteiger partial charge is 0.465 e. The summed E-state index contributed by atoms with van der Waals surface area (Å²) in [5.74, 6) is -2.42. The van der Waals surface area contributed by atoms with Crippen LogP contribution < -0.4 is 0 Å². The van der Waals surface area contributed by atoms with Crippen LogP contribution in [0.2, 0.25) is 0 Å². The number of hydrogen-bond acceptors (Lipinski definition) is 7. The molecular formula is C19H30O7. The molecule has 3 atom stereocenters. The number of carbonyl (C=O) groups excluding carboxylic acids is 3. The molecule has 0 bridgehead atoms. The first-order valence-corrected chi connectivity index (χ1v) is 9.30. The molecule has 0 amide bonds. The van der Waals surface area contributed by atoms with E-state index in [0.29, 0.717) is 25.7 Å². The third kappa shape index (κ3) is 7.99. The third-order valence-electron chi connectivity index (χ3n) is 4.36. The highest BCUT2D eigenvalue weighted by Crippen LogP contribution is 2.32. The van der Waals surface area contributed by atoms with E-state index in [2.05, 4.69) is 6.58 Å². The van der Waals surface area contributed by atoms with Gasteiger partial charge in [-0.15, -0.1) is 0 Å². The van der Waals surface area contributed by atoms with Crippen LogP contribution in [0.15, 0.2) is 12.7 Å². The molecule has 0 aromatic heterocycles. The van der Waals surface area contributed by atoms with Crippen LogP contribution in [0.4, 0.5) is 0 Å². The summed E-state index contributed by atoms with van der Waals surface area (Å²) in [4.78, 5) is 35.5. The molecule has 7 nitrogen and oxygen atoms in total. The molecule has 0 saturated heterocycles. The minimum Gasteiger partial charge on any atom is -0.465 e. The quantitative estimate of drug-likeness (QED) is 0.257. The van der Waals surface area contributed by atoms with Crippen molar-refractivity contribution >= 4 is 17.9 Å². The fourth-order valence-corrected chi connectivity index (χ4v) is 2.97. The normalized spacial score (nSPS) is 20.7. The summed E-state index contributed by atoms with van der Waals surface area (Å²) in [5, 5.41) is 9.68. The topological polar surface area (TPSA) is 99.1 Å². The summed E-state index contributed by atoms with van der Waals surface area (Å²) in [6.07, 6.45) is 5.05. The Labute approximate surface area is 154 Å². The van der Waals surface area contributed by atoms with Gasteiger partial charge in [0.25, 0.3) is 0 Å². The van der Waals surface area contributed by atoms with E-state index in [4.69, 9.17) is 14.2 Å². The molecule has 0 radical (unpaired) electrons. The van der Waals surface area contributed by atoms with E-state index in [0.717, 1.165) is 25.3 Å². The first-order chi connectivity index (χ1) is 12.5. The second-order valence-corrected chi connectivity index (χ2v) is 6.46. The molecule has 1 saturated carbocycles. The number of ether oxygens (including phenoxy) is 3. The Morgan fingerprint density at radius 2 is 1.65 bits per heavy atom. The summed E-state index contributed by atoms with van der Waals surface area (Å²) in [5.41, 5.74) is 0. The van der Waals surface area contributed by atoms with Crippen molar-refractivity contribution in [3.8, 4) is 0 Å². The van der Waals surface area contributed by atoms with Crippen LogP contribution in [0, 0.1) is 11.8 Å². The lowest BCUT2D eigenvalue weighted by Crippen LogP contribution is -2.36. The summed E-state index contributed by atoms with van der Waals surface area (Å²) in [7, 11) is 0. The number of rotatable bonds is 11. The number of aliphatic hydroxyl groups excluding tert-OH is 1. The molecule has 1 N–H and O–H groups in total. The first-order valence-electron chi connectivity index (χ1n) is 9.30. The minimum atomic E-state index is -0.670. The molecule has 0 spiro atoms. The van der Waals surface area contributed by atoms with E-state index in [1.807, 2.05) is 6.92 Å². The molecule has 26 heavy (non-hydrogen) atoms. The maximum Gasteiger partial charge on any atom is 0.330 e. The van der Waals surface area contributed by atoms with Gasteiger partial charge in [-0.2, -0.15) is 0 Å². The number of carbonyl (C=O) groups is 3. The van der Waals surface area contributed by atoms with Crippen molar-refractivity contribution in [1.29, 1.82) is 0 Å². The predicted octanol–water partition coefficient (Wildman–Crippen LogP) is 2.16. The van der Waals surface area contributed by atoms with E-state index < -0.39 is 35.8 Å². The lowest BCUT2D eigenvalue weighted by atomic mass is 9.79. The van der Waals surface area contributed by atoms with Gasteiger partial charge in [-0.05, 0) is 19.3 Å². The molecule has 7 heteroatoms. The summed E-state index contributed by atoms with van der Waals surface area (Å²) >= 11 is 0. The van der Waals surface area contributed by atoms with Crippen LogP contribution in [0.1, 0.15) is 51.9 Å². The molecule has 0 aromatic rings. The Bertz CT molecular complexity index is 475. The fourth-order valence-electron chi connectivity index (χ4n) is 2.97. The van der Waals surface area contributed by atoms with Gasteiger partial charge >= 0.3 is 17.9 Å². The van der Waals surface area contributed by atoms with E-state index >= 15 is 0 Å². The Balaban J connectivity index is 2.40. The lowest BCUT2D eigenvalue weighted by molar-refractivity contribution is -0.164. The van der Waals surface area contributed by atoms with E-state index in [1.165, 1.54) is 0 Å². The van der Waals surface area contributed by atoms with Gasteiger partial charge in [-0.25, -0.2) is 4.79 Å². The molecule has 3 unspecified atom stereocenters. The van der Waals surface area contributed by atoms with Crippen LogP contribution in [0.25, 0.3) is 0 Å². The predicted molar refractivity (Wildman–Crippen MR) is 94.1 cm³/mol. The highest BCUT2D eigenvalue weighted by Gasteiger charge is 2.38. The van der Waals surface area contributed by atoms with Crippen LogP contribution in [-0.2, 0) is 28.6 Å². The zero-order valence-electron chi connectivity index (χ0n) is 15.5. The molecule has 1 aliphatic rings. The van der Waals surface area contributed by atoms with Crippen LogP contribution in [0.5, 0.6) is 0 Å². The van der Waals surface area contributed by atoms with Crippen molar-refractivity contribution < 1.29 is 33.7 Å². The maximum atomic E-state index is 12.3. The fraction of sp³-hybridized carbons (Fsp3) is 0.737. The van der Waals surface area contributed by atoms with Crippen LogP contribution in [0.3, 0.4) is 0 Å². The maximum absolute atomic E-state index is 12.3. The van der Waals surface area contributed by atoms with Crippen molar-refractivity contribution in [3.63, 3.8) is 0 Å². The SMILES string of the molecule is C=CC(=O)OCCCOC(=O)C1CCCCC1C(=O)OCC(O)CCC. The summed E-state index contributed by atoms with van der Waals surface area (Å²) < 4.78 is 15.2. The Kier molecular flexibility index (Phi) is 10.6. The summed E-state index contributed by atoms with van der Waals surface area (Å²) in [6, 6.07) is 0. The minimum absolute atomic E-state index is 0.0421. The van der Waals surface area contributed by atoms with Crippen LogP contribution >= 0.6 is 0 Å². The summed E-state index contributed by atoms with van der Waals surface area (Å²) in [6.45, 7) is 5.45. The van der Waals surface area contributed by atoms with E-state index in [1.54, 1.807) is 0 Å². The Hall–Kier alpha value is -1.89. The van der Waals surface area contributed by atoms with Crippen molar-refractivity contribution in [2.45, 2.75) is 58.0 Å². The van der Waals surface area contributed by atoms with Gasteiger partial charge in [0.2, 0.25) is 0 Å². The number of esters is 3. The molecule has 1 rings (SSSR count). The van der Waals surface area contributed by atoms with E-state index in [9.17, 15) is 19.5 Å². The molecule has 1 aliphatic carbocycles. The number of aliphatic hydroxyl groups is 1. The second kappa shape index (κ2) is 12.5. The zero-order chi connectivity index (χ0) is 19.4. The third-order valence-corrected chi connectivity index (χ3v) is 4.36. The highest BCUT2D eigenvalue weighted by atomic mass is 16.6. The molecule has 0 aliphatic heterocycles. The second-order valence-electron chi connectivity index (χ2n) is 6.46. The smallest absolute Gasteiger partial charge is 0.330 e. The monoisotopic (exact) mass is 370 g/mol. The van der Waals surface area contributed by atoms with Gasteiger partial charge in [0.05, 0.1) is 31.2 Å². The van der Waals surface area contributed by atoms with Gasteiger partial charge in [-0.1, -0.05) is 32.8 Å². The van der Waals surface area contributed by atoms with Crippen molar-refractivity contribution in [1.82, 2.24) is 0 Å².